The summed E-state index contributed by atoms with van der Waals surface area (Å²) in [6.45, 7) is 3.27. The highest BCUT2D eigenvalue weighted by molar-refractivity contribution is 5.76. The zero-order valence-corrected chi connectivity index (χ0v) is 10.0. The van der Waals surface area contributed by atoms with Gasteiger partial charge in [0.2, 0.25) is 0 Å². The van der Waals surface area contributed by atoms with E-state index < -0.39 is 0 Å². The lowest BCUT2D eigenvalue weighted by Gasteiger charge is -2.11. The molecule has 17 heavy (non-hydrogen) atoms. The maximum absolute atomic E-state index is 10.8. The molecule has 0 spiro atoms. The third kappa shape index (κ3) is 3.27. The van der Waals surface area contributed by atoms with E-state index in [2.05, 4.69) is 4.98 Å². The molecule has 0 aromatic carbocycles. The van der Waals surface area contributed by atoms with Gasteiger partial charge < -0.3 is 9.47 Å². The van der Waals surface area contributed by atoms with Gasteiger partial charge in [-0.15, -0.1) is 0 Å². The van der Waals surface area contributed by atoms with Crippen LogP contribution in [0.5, 0.6) is 5.75 Å². The molecule has 4 nitrogen and oxygen atoms in total. The first-order valence-electron chi connectivity index (χ1n) is 5.97. The van der Waals surface area contributed by atoms with Crippen LogP contribution in [0.1, 0.15) is 35.4 Å². The van der Waals surface area contributed by atoms with Crippen molar-refractivity contribution in [2.75, 3.05) is 13.2 Å². The van der Waals surface area contributed by atoms with Gasteiger partial charge >= 0.3 is 0 Å². The van der Waals surface area contributed by atoms with Crippen molar-refractivity contribution < 1.29 is 14.3 Å². The van der Waals surface area contributed by atoms with Gasteiger partial charge in [0.15, 0.2) is 6.29 Å². The number of hydrogen-bond donors (Lipinski definition) is 0. The molecular formula is C13H17NO3. The summed E-state index contributed by atoms with van der Waals surface area (Å²) in [4.78, 5) is 14.9. The molecular weight excluding hydrogens is 218 g/mol. The second-order valence-electron chi connectivity index (χ2n) is 4.23. The van der Waals surface area contributed by atoms with Crippen molar-refractivity contribution >= 4 is 6.29 Å². The van der Waals surface area contributed by atoms with E-state index in [9.17, 15) is 4.79 Å². The van der Waals surface area contributed by atoms with Gasteiger partial charge in [0, 0.05) is 18.7 Å². The van der Waals surface area contributed by atoms with E-state index in [1.54, 1.807) is 6.07 Å². The van der Waals surface area contributed by atoms with Crippen molar-refractivity contribution in [3.05, 3.63) is 23.5 Å². The van der Waals surface area contributed by atoms with Crippen LogP contribution in [0.3, 0.4) is 0 Å². The summed E-state index contributed by atoms with van der Waals surface area (Å²) >= 11 is 0. The third-order valence-electron chi connectivity index (χ3n) is 2.86. The fourth-order valence-electron chi connectivity index (χ4n) is 1.94. The SMILES string of the molecule is Cc1ccc(OCCC2CCCO2)c(C=O)n1. The number of ether oxygens (including phenoxy) is 2. The third-order valence-corrected chi connectivity index (χ3v) is 2.86. The van der Waals surface area contributed by atoms with Crippen LogP contribution in [-0.2, 0) is 4.74 Å². The summed E-state index contributed by atoms with van der Waals surface area (Å²) in [5.74, 6) is 0.559. The number of hydrogen-bond acceptors (Lipinski definition) is 4. The van der Waals surface area contributed by atoms with Crippen molar-refractivity contribution in [2.45, 2.75) is 32.3 Å². The fourth-order valence-corrected chi connectivity index (χ4v) is 1.94. The van der Waals surface area contributed by atoms with Crippen LogP contribution >= 0.6 is 0 Å². The van der Waals surface area contributed by atoms with E-state index >= 15 is 0 Å². The number of carbonyl (C=O) groups excluding carboxylic acids is 1. The van der Waals surface area contributed by atoms with E-state index in [0.717, 1.165) is 37.8 Å². The Morgan fingerprint density at radius 3 is 3.18 bits per heavy atom. The molecule has 0 radical (unpaired) electrons. The highest BCUT2D eigenvalue weighted by atomic mass is 16.5. The van der Waals surface area contributed by atoms with Gasteiger partial charge in [-0.2, -0.15) is 0 Å². The molecule has 1 aliphatic rings. The molecule has 2 heterocycles. The van der Waals surface area contributed by atoms with Gasteiger partial charge in [0.25, 0.3) is 0 Å². The maximum Gasteiger partial charge on any atom is 0.172 e. The number of aryl methyl sites for hydroxylation is 1. The lowest BCUT2D eigenvalue weighted by atomic mass is 10.2. The molecule has 0 N–H and O–H groups in total. The second-order valence-corrected chi connectivity index (χ2v) is 4.23. The normalized spacial score (nSPS) is 19.2. The van der Waals surface area contributed by atoms with Crippen LogP contribution < -0.4 is 4.74 Å². The lowest BCUT2D eigenvalue weighted by molar-refractivity contribution is 0.0900. The number of rotatable bonds is 5. The largest absolute Gasteiger partial charge is 0.491 e. The molecule has 0 aliphatic carbocycles. The molecule has 1 saturated heterocycles. The Bertz CT molecular complexity index is 386. The summed E-state index contributed by atoms with van der Waals surface area (Å²) in [7, 11) is 0. The minimum atomic E-state index is 0.313. The van der Waals surface area contributed by atoms with Crippen molar-refractivity contribution in [1.82, 2.24) is 4.98 Å². The molecule has 1 fully saturated rings. The molecule has 0 bridgehead atoms. The zero-order valence-electron chi connectivity index (χ0n) is 10.0. The molecule has 1 aromatic heterocycles. The van der Waals surface area contributed by atoms with E-state index in [1.165, 1.54) is 0 Å². The number of aldehydes is 1. The highest BCUT2D eigenvalue weighted by Crippen LogP contribution is 2.18. The summed E-state index contributed by atoms with van der Waals surface area (Å²) in [5, 5.41) is 0. The average molecular weight is 235 g/mol. The van der Waals surface area contributed by atoms with Crippen LogP contribution in [0.2, 0.25) is 0 Å². The number of carbonyl (C=O) groups is 1. The predicted octanol–water partition coefficient (Wildman–Crippen LogP) is 2.15. The van der Waals surface area contributed by atoms with Crippen LogP contribution in [0, 0.1) is 6.92 Å². The van der Waals surface area contributed by atoms with Crippen molar-refractivity contribution in [3.8, 4) is 5.75 Å². The predicted molar refractivity (Wildman–Crippen MR) is 63.4 cm³/mol. The quantitative estimate of drug-likeness (QED) is 0.734. The standard InChI is InChI=1S/C13H17NO3/c1-10-4-5-13(12(9-15)14-10)17-8-6-11-3-2-7-16-11/h4-5,9,11H,2-3,6-8H2,1H3. The van der Waals surface area contributed by atoms with E-state index in [1.807, 2.05) is 13.0 Å². The summed E-state index contributed by atoms with van der Waals surface area (Å²) < 4.78 is 11.1. The van der Waals surface area contributed by atoms with Gasteiger partial charge in [-0.25, -0.2) is 4.98 Å². The first-order chi connectivity index (χ1) is 8.29. The first-order valence-corrected chi connectivity index (χ1v) is 5.97. The molecule has 1 aromatic rings. The number of aromatic nitrogens is 1. The lowest BCUT2D eigenvalue weighted by Crippen LogP contribution is -2.11. The van der Waals surface area contributed by atoms with E-state index in [4.69, 9.17) is 9.47 Å². The number of nitrogens with zero attached hydrogens (tertiary/aromatic N) is 1. The molecule has 1 atom stereocenters. The van der Waals surface area contributed by atoms with Crippen LogP contribution in [0.4, 0.5) is 0 Å². The zero-order chi connectivity index (χ0) is 12.1. The minimum Gasteiger partial charge on any atom is -0.491 e. The molecule has 92 valence electrons. The highest BCUT2D eigenvalue weighted by Gasteiger charge is 2.15. The summed E-state index contributed by atoms with van der Waals surface area (Å²) in [6.07, 6.45) is 4.15. The van der Waals surface area contributed by atoms with Gasteiger partial charge in [-0.3, -0.25) is 4.79 Å². The van der Waals surface area contributed by atoms with Crippen LogP contribution in [0.25, 0.3) is 0 Å². The molecule has 1 aliphatic heterocycles. The molecule has 0 amide bonds. The summed E-state index contributed by atoms with van der Waals surface area (Å²) in [5.41, 5.74) is 1.19. The molecule has 4 heteroatoms. The van der Waals surface area contributed by atoms with E-state index in [-0.39, 0.29) is 0 Å². The fraction of sp³-hybridized carbons (Fsp3) is 0.538. The maximum atomic E-state index is 10.8. The topological polar surface area (TPSA) is 48.4 Å². The molecule has 1 unspecified atom stereocenters. The van der Waals surface area contributed by atoms with Crippen LogP contribution in [0.15, 0.2) is 12.1 Å². The van der Waals surface area contributed by atoms with E-state index in [0.29, 0.717) is 24.2 Å². The summed E-state index contributed by atoms with van der Waals surface area (Å²) in [6, 6.07) is 3.63. The minimum absolute atomic E-state index is 0.313. The monoisotopic (exact) mass is 235 g/mol. The van der Waals surface area contributed by atoms with Gasteiger partial charge in [-0.1, -0.05) is 0 Å². The molecule has 2 rings (SSSR count). The Balaban J connectivity index is 1.87. The Morgan fingerprint density at radius 2 is 2.47 bits per heavy atom. The molecule has 0 saturated carbocycles. The van der Waals surface area contributed by atoms with Crippen LogP contribution in [-0.4, -0.2) is 30.6 Å². The Labute approximate surface area is 101 Å². The smallest absolute Gasteiger partial charge is 0.172 e. The first kappa shape index (κ1) is 12.0. The van der Waals surface area contributed by atoms with Crippen molar-refractivity contribution in [1.29, 1.82) is 0 Å². The number of pyridine rings is 1. The van der Waals surface area contributed by atoms with Gasteiger partial charge in [0.05, 0.1) is 12.7 Å². The second kappa shape index (κ2) is 5.77. The van der Waals surface area contributed by atoms with Crippen molar-refractivity contribution in [2.24, 2.45) is 0 Å². The van der Waals surface area contributed by atoms with Gasteiger partial charge in [-0.05, 0) is 31.9 Å². The van der Waals surface area contributed by atoms with Gasteiger partial charge in [0.1, 0.15) is 11.4 Å². The van der Waals surface area contributed by atoms with Crippen molar-refractivity contribution in [3.63, 3.8) is 0 Å². The average Bonchev–Trinajstić information content (AvgIpc) is 2.84. The Hall–Kier alpha value is -1.42. The Morgan fingerprint density at radius 1 is 1.59 bits per heavy atom. The Kier molecular flexibility index (Phi) is 4.09.